The minimum Gasteiger partial charge on any atom is -0.481 e. The molecule has 2 aliphatic rings. The summed E-state index contributed by atoms with van der Waals surface area (Å²) in [7, 11) is 0. The lowest BCUT2D eigenvalue weighted by Gasteiger charge is -2.19. The molecule has 0 bridgehead atoms. The molecule has 3 rings (SSSR count). The zero-order chi connectivity index (χ0) is 14.8. The molecule has 5 heteroatoms. The summed E-state index contributed by atoms with van der Waals surface area (Å²) in [6.07, 6.45) is 4.01. The summed E-state index contributed by atoms with van der Waals surface area (Å²) in [5.41, 5.74) is 2.96. The third-order valence-electron chi connectivity index (χ3n) is 4.42. The topological polar surface area (TPSA) is 78.4 Å². The molecule has 1 aromatic carbocycles. The van der Waals surface area contributed by atoms with Gasteiger partial charge in [0.15, 0.2) is 0 Å². The molecule has 21 heavy (non-hydrogen) atoms. The van der Waals surface area contributed by atoms with Crippen LogP contribution in [0, 0.1) is 5.92 Å². The Morgan fingerprint density at radius 1 is 1.29 bits per heavy atom. The number of anilines is 1. The van der Waals surface area contributed by atoms with E-state index in [9.17, 15) is 9.59 Å². The first kappa shape index (κ1) is 13.9. The number of nitrogens with one attached hydrogen (secondary N) is 2. The summed E-state index contributed by atoms with van der Waals surface area (Å²) in [5.74, 6) is -1.17. The number of hydrogen-bond donors (Lipinski definition) is 3. The monoisotopic (exact) mass is 288 g/mol. The van der Waals surface area contributed by atoms with Gasteiger partial charge in [0.05, 0.1) is 5.92 Å². The van der Waals surface area contributed by atoms with E-state index in [4.69, 9.17) is 5.11 Å². The van der Waals surface area contributed by atoms with E-state index in [-0.39, 0.29) is 17.9 Å². The molecular weight excluding hydrogens is 268 g/mol. The zero-order valence-electron chi connectivity index (χ0n) is 11.9. The van der Waals surface area contributed by atoms with Crippen LogP contribution in [0.15, 0.2) is 18.2 Å². The van der Waals surface area contributed by atoms with Crippen LogP contribution in [-0.2, 0) is 11.2 Å². The fourth-order valence-corrected chi connectivity index (χ4v) is 3.22. The quantitative estimate of drug-likeness (QED) is 0.795. The second-order valence-corrected chi connectivity index (χ2v) is 5.92. The molecule has 112 valence electrons. The van der Waals surface area contributed by atoms with Crippen LogP contribution < -0.4 is 10.6 Å². The molecule has 1 heterocycles. The molecule has 1 aliphatic carbocycles. The van der Waals surface area contributed by atoms with Crippen LogP contribution in [0.5, 0.6) is 0 Å². The summed E-state index contributed by atoms with van der Waals surface area (Å²) in [5, 5.41) is 15.3. The molecule has 1 aromatic rings. The third kappa shape index (κ3) is 3.01. The lowest BCUT2D eigenvalue weighted by Crippen LogP contribution is -2.33. The third-order valence-corrected chi connectivity index (χ3v) is 4.42. The number of amides is 1. The number of hydrogen-bond acceptors (Lipinski definition) is 3. The van der Waals surface area contributed by atoms with Crippen molar-refractivity contribution in [2.24, 2.45) is 5.92 Å². The Bertz CT molecular complexity index is 571. The maximum absolute atomic E-state index is 12.3. The fraction of sp³-hybridized carbons (Fsp3) is 0.500. The van der Waals surface area contributed by atoms with E-state index < -0.39 is 5.97 Å². The Labute approximate surface area is 123 Å². The highest BCUT2D eigenvalue weighted by Gasteiger charge is 2.30. The predicted molar refractivity (Wildman–Crippen MR) is 79.5 cm³/mol. The largest absolute Gasteiger partial charge is 0.481 e. The van der Waals surface area contributed by atoms with E-state index >= 15 is 0 Å². The van der Waals surface area contributed by atoms with E-state index in [1.54, 1.807) is 0 Å². The van der Waals surface area contributed by atoms with Crippen molar-refractivity contribution in [2.75, 3.05) is 11.9 Å². The van der Waals surface area contributed by atoms with E-state index in [0.29, 0.717) is 18.4 Å². The van der Waals surface area contributed by atoms with Crippen LogP contribution in [0.1, 0.15) is 41.6 Å². The van der Waals surface area contributed by atoms with Gasteiger partial charge >= 0.3 is 5.97 Å². The standard InChI is InChI=1S/C16H20N2O3/c19-15(18-13-5-3-12(9-13)16(20)21)11-4-6-14-10(8-11)2-1-7-17-14/h4,6,8,12-13,17H,1-3,5,7,9H2,(H,18,19)(H,20,21). The van der Waals surface area contributed by atoms with Crippen molar-refractivity contribution in [1.82, 2.24) is 5.32 Å². The van der Waals surface area contributed by atoms with Crippen LogP contribution in [-0.4, -0.2) is 29.6 Å². The van der Waals surface area contributed by atoms with Crippen molar-refractivity contribution in [3.8, 4) is 0 Å². The zero-order valence-corrected chi connectivity index (χ0v) is 11.9. The van der Waals surface area contributed by atoms with E-state index in [2.05, 4.69) is 10.6 Å². The Morgan fingerprint density at radius 3 is 2.90 bits per heavy atom. The molecule has 1 aliphatic heterocycles. The van der Waals surface area contributed by atoms with Gasteiger partial charge in [-0.15, -0.1) is 0 Å². The lowest BCUT2D eigenvalue weighted by molar-refractivity contribution is -0.141. The number of carbonyl (C=O) groups is 2. The van der Waals surface area contributed by atoms with E-state index in [1.807, 2.05) is 18.2 Å². The first-order valence-corrected chi connectivity index (χ1v) is 7.54. The Morgan fingerprint density at radius 2 is 2.14 bits per heavy atom. The van der Waals surface area contributed by atoms with Gasteiger partial charge in [0, 0.05) is 23.8 Å². The van der Waals surface area contributed by atoms with E-state index in [0.717, 1.165) is 31.5 Å². The van der Waals surface area contributed by atoms with Crippen molar-refractivity contribution < 1.29 is 14.7 Å². The Balaban J connectivity index is 1.65. The molecule has 0 saturated heterocycles. The fourth-order valence-electron chi connectivity index (χ4n) is 3.22. The van der Waals surface area contributed by atoms with Crippen molar-refractivity contribution >= 4 is 17.6 Å². The molecule has 3 N–H and O–H groups in total. The summed E-state index contributed by atoms with van der Waals surface area (Å²) in [6.45, 7) is 0.983. The van der Waals surface area contributed by atoms with Gasteiger partial charge in [-0.3, -0.25) is 9.59 Å². The van der Waals surface area contributed by atoms with E-state index in [1.165, 1.54) is 5.56 Å². The average Bonchev–Trinajstić information content (AvgIpc) is 2.95. The number of benzene rings is 1. The molecule has 0 aromatic heterocycles. The van der Waals surface area contributed by atoms with Crippen molar-refractivity contribution in [2.45, 2.75) is 38.1 Å². The Kier molecular flexibility index (Phi) is 3.82. The molecular formula is C16H20N2O3. The minimum atomic E-state index is -0.758. The van der Waals surface area contributed by atoms with Gasteiger partial charge in [-0.25, -0.2) is 0 Å². The number of carboxylic acid groups (broad SMARTS) is 1. The normalized spacial score (nSPS) is 24.0. The van der Waals surface area contributed by atoms with Crippen LogP contribution in [0.4, 0.5) is 5.69 Å². The van der Waals surface area contributed by atoms with Crippen molar-refractivity contribution in [3.05, 3.63) is 29.3 Å². The second kappa shape index (κ2) is 5.76. The second-order valence-electron chi connectivity index (χ2n) is 5.92. The maximum Gasteiger partial charge on any atom is 0.306 e. The molecule has 1 amide bonds. The molecule has 1 fully saturated rings. The number of aliphatic carboxylic acids is 1. The van der Waals surface area contributed by atoms with Gasteiger partial charge in [0.1, 0.15) is 0 Å². The molecule has 2 atom stereocenters. The number of carboxylic acids is 1. The maximum atomic E-state index is 12.3. The van der Waals surface area contributed by atoms with Crippen LogP contribution in [0.2, 0.25) is 0 Å². The minimum absolute atomic E-state index is 0.0206. The van der Waals surface area contributed by atoms with Crippen molar-refractivity contribution in [1.29, 1.82) is 0 Å². The first-order chi connectivity index (χ1) is 10.1. The van der Waals surface area contributed by atoms with Gasteiger partial charge in [-0.2, -0.15) is 0 Å². The van der Waals surface area contributed by atoms with Crippen LogP contribution >= 0.6 is 0 Å². The molecule has 5 nitrogen and oxygen atoms in total. The number of carbonyl (C=O) groups excluding carboxylic acids is 1. The highest BCUT2D eigenvalue weighted by molar-refractivity contribution is 5.95. The molecule has 0 spiro atoms. The van der Waals surface area contributed by atoms with Gasteiger partial charge in [-0.05, 0) is 55.9 Å². The lowest BCUT2D eigenvalue weighted by atomic mass is 10.0. The summed E-state index contributed by atoms with van der Waals surface area (Å²) in [6, 6.07) is 5.71. The van der Waals surface area contributed by atoms with Gasteiger partial charge in [0.2, 0.25) is 0 Å². The average molecular weight is 288 g/mol. The molecule has 2 unspecified atom stereocenters. The number of fused-ring (bicyclic) bond motifs is 1. The first-order valence-electron chi connectivity index (χ1n) is 7.54. The Hall–Kier alpha value is -2.04. The number of aryl methyl sites for hydroxylation is 1. The SMILES string of the molecule is O=C(NC1CCC(C(=O)O)C1)c1ccc2c(c1)CCCN2. The summed E-state index contributed by atoms with van der Waals surface area (Å²) < 4.78 is 0. The highest BCUT2D eigenvalue weighted by atomic mass is 16.4. The molecule has 1 saturated carbocycles. The predicted octanol–water partition coefficient (Wildman–Crippen LogP) is 2.03. The summed E-state index contributed by atoms with van der Waals surface area (Å²) >= 11 is 0. The van der Waals surface area contributed by atoms with Crippen molar-refractivity contribution in [3.63, 3.8) is 0 Å². The number of rotatable bonds is 3. The van der Waals surface area contributed by atoms with Crippen LogP contribution in [0.3, 0.4) is 0 Å². The van der Waals surface area contributed by atoms with Gasteiger partial charge in [0.25, 0.3) is 5.91 Å². The smallest absolute Gasteiger partial charge is 0.306 e. The summed E-state index contributed by atoms with van der Waals surface area (Å²) in [4.78, 5) is 23.2. The van der Waals surface area contributed by atoms with Gasteiger partial charge in [-0.1, -0.05) is 0 Å². The molecule has 0 radical (unpaired) electrons. The highest BCUT2D eigenvalue weighted by Crippen LogP contribution is 2.27. The van der Waals surface area contributed by atoms with Gasteiger partial charge < -0.3 is 15.7 Å². The van der Waals surface area contributed by atoms with Crippen LogP contribution in [0.25, 0.3) is 0 Å².